The SMILES string of the molecule is C=C/C(Cl)=C(SNC1(C=O)CCCCC1)\C(Cl)=C/C. The number of nitrogens with one attached hydrogen (secondary N) is 1. The molecular formula is C14H19Cl2NOS. The molecule has 2 nitrogen and oxygen atoms in total. The first kappa shape index (κ1) is 16.8. The summed E-state index contributed by atoms with van der Waals surface area (Å²) in [4.78, 5) is 12.1. The molecule has 0 heterocycles. The van der Waals surface area contributed by atoms with E-state index in [9.17, 15) is 4.79 Å². The minimum atomic E-state index is -0.461. The first-order valence-corrected chi connectivity index (χ1v) is 7.90. The summed E-state index contributed by atoms with van der Waals surface area (Å²) in [6.07, 6.45) is 9.37. The highest BCUT2D eigenvalue weighted by Crippen LogP contribution is 2.35. The van der Waals surface area contributed by atoms with Crippen LogP contribution in [-0.4, -0.2) is 11.8 Å². The van der Waals surface area contributed by atoms with Crippen LogP contribution in [0.3, 0.4) is 0 Å². The van der Waals surface area contributed by atoms with Crippen LogP contribution in [0.5, 0.6) is 0 Å². The molecule has 0 spiro atoms. The normalized spacial score (nSPS) is 20.7. The predicted octanol–water partition coefficient (Wildman–Crippen LogP) is 4.91. The highest BCUT2D eigenvalue weighted by Gasteiger charge is 2.32. The summed E-state index contributed by atoms with van der Waals surface area (Å²) in [5, 5.41) is 1.04. The van der Waals surface area contributed by atoms with Crippen LogP contribution in [0.2, 0.25) is 0 Å². The van der Waals surface area contributed by atoms with Crippen molar-refractivity contribution >= 4 is 41.4 Å². The van der Waals surface area contributed by atoms with Crippen LogP contribution in [0.15, 0.2) is 33.7 Å². The molecule has 0 bridgehead atoms. The van der Waals surface area contributed by atoms with E-state index in [1.807, 2.05) is 6.92 Å². The van der Waals surface area contributed by atoms with Crippen LogP contribution in [-0.2, 0) is 4.79 Å². The number of hydrogen-bond acceptors (Lipinski definition) is 3. The number of carbonyl (C=O) groups excluding carboxylic acids is 1. The third kappa shape index (κ3) is 4.67. The van der Waals surface area contributed by atoms with Crippen molar-refractivity contribution in [3.8, 4) is 0 Å². The van der Waals surface area contributed by atoms with Crippen LogP contribution in [0.25, 0.3) is 0 Å². The first-order valence-electron chi connectivity index (χ1n) is 6.33. The van der Waals surface area contributed by atoms with Crippen molar-refractivity contribution in [2.75, 3.05) is 0 Å². The number of halogens is 2. The van der Waals surface area contributed by atoms with Crippen LogP contribution in [0, 0.1) is 0 Å². The lowest BCUT2D eigenvalue weighted by molar-refractivity contribution is -0.113. The van der Waals surface area contributed by atoms with Gasteiger partial charge >= 0.3 is 0 Å². The standard InChI is InChI=1S/C14H19Cl2NOS/c1-3-11(15)13(12(16)4-2)19-17-14(10-18)8-6-5-7-9-14/h3-4,10,17H,1,5-9H2,2H3/b12-4+,13-11-. The fourth-order valence-electron chi connectivity index (χ4n) is 2.01. The Bertz CT molecular complexity index is 398. The Balaban J connectivity index is 2.81. The third-order valence-electron chi connectivity index (χ3n) is 3.19. The molecule has 1 N–H and O–H groups in total. The molecule has 0 amide bonds. The predicted molar refractivity (Wildman–Crippen MR) is 85.3 cm³/mol. The summed E-state index contributed by atoms with van der Waals surface area (Å²) in [6.45, 7) is 5.48. The minimum absolute atomic E-state index is 0.461. The Kier molecular flexibility index (Phi) is 7.22. The van der Waals surface area contributed by atoms with Crippen LogP contribution in [0.4, 0.5) is 0 Å². The summed E-state index contributed by atoms with van der Waals surface area (Å²) >= 11 is 13.5. The molecule has 1 fully saturated rings. The van der Waals surface area contributed by atoms with Crippen LogP contribution in [0.1, 0.15) is 39.0 Å². The molecule has 0 radical (unpaired) electrons. The molecule has 1 aliphatic carbocycles. The maximum absolute atomic E-state index is 11.4. The zero-order valence-corrected chi connectivity index (χ0v) is 13.4. The van der Waals surface area contributed by atoms with E-state index in [1.54, 1.807) is 12.2 Å². The van der Waals surface area contributed by atoms with E-state index in [0.717, 1.165) is 32.0 Å². The summed E-state index contributed by atoms with van der Waals surface area (Å²) in [6, 6.07) is 0. The van der Waals surface area contributed by atoms with Crippen molar-refractivity contribution in [1.29, 1.82) is 0 Å². The number of allylic oxidation sites excluding steroid dienone is 4. The van der Waals surface area contributed by atoms with Gasteiger partial charge in [0.15, 0.2) is 0 Å². The van der Waals surface area contributed by atoms with E-state index in [0.29, 0.717) is 15.0 Å². The maximum Gasteiger partial charge on any atom is 0.140 e. The summed E-state index contributed by atoms with van der Waals surface area (Å²) < 4.78 is 3.25. The molecule has 106 valence electrons. The van der Waals surface area contributed by atoms with E-state index >= 15 is 0 Å². The maximum atomic E-state index is 11.4. The second-order valence-electron chi connectivity index (χ2n) is 4.56. The number of carbonyl (C=O) groups is 1. The average molecular weight is 320 g/mol. The van der Waals surface area contributed by atoms with Crippen molar-refractivity contribution in [2.45, 2.75) is 44.6 Å². The van der Waals surface area contributed by atoms with Gasteiger partial charge in [-0.2, -0.15) is 0 Å². The molecule has 0 atom stereocenters. The van der Waals surface area contributed by atoms with E-state index < -0.39 is 5.54 Å². The fraction of sp³-hybridized carbons (Fsp3) is 0.500. The van der Waals surface area contributed by atoms with Gasteiger partial charge in [0.05, 0.1) is 20.5 Å². The van der Waals surface area contributed by atoms with Gasteiger partial charge in [-0.1, -0.05) is 55.1 Å². The molecule has 0 saturated heterocycles. The molecule has 1 rings (SSSR count). The highest BCUT2D eigenvalue weighted by molar-refractivity contribution is 8.01. The van der Waals surface area contributed by atoms with Gasteiger partial charge in [0, 0.05) is 0 Å². The minimum Gasteiger partial charge on any atom is -0.301 e. The lowest BCUT2D eigenvalue weighted by atomic mass is 9.84. The van der Waals surface area contributed by atoms with Crippen molar-refractivity contribution in [3.05, 3.63) is 33.7 Å². The van der Waals surface area contributed by atoms with Crippen molar-refractivity contribution < 1.29 is 4.79 Å². The number of hydrogen-bond donors (Lipinski definition) is 1. The molecule has 0 aromatic rings. The molecule has 0 aliphatic heterocycles. The van der Waals surface area contributed by atoms with Gasteiger partial charge in [-0.15, -0.1) is 0 Å². The Hall–Kier alpha value is -0.220. The third-order valence-corrected chi connectivity index (χ3v) is 5.32. The second-order valence-corrected chi connectivity index (χ2v) is 6.19. The lowest BCUT2D eigenvalue weighted by Crippen LogP contribution is -2.44. The van der Waals surface area contributed by atoms with Gasteiger partial charge in [0.2, 0.25) is 0 Å². The smallest absolute Gasteiger partial charge is 0.140 e. The molecule has 1 saturated carbocycles. The Morgan fingerprint density at radius 3 is 2.42 bits per heavy atom. The quantitative estimate of drug-likeness (QED) is 0.428. The summed E-state index contributed by atoms with van der Waals surface area (Å²) in [5.74, 6) is 0. The molecule has 1 aliphatic rings. The Morgan fingerprint density at radius 1 is 1.32 bits per heavy atom. The van der Waals surface area contributed by atoms with E-state index in [-0.39, 0.29) is 0 Å². The van der Waals surface area contributed by atoms with E-state index in [4.69, 9.17) is 23.2 Å². The summed E-state index contributed by atoms with van der Waals surface area (Å²) in [7, 11) is 0. The monoisotopic (exact) mass is 319 g/mol. The van der Waals surface area contributed by atoms with Gasteiger partial charge in [0.25, 0.3) is 0 Å². The van der Waals surface area contributed by atoms with Gasteiger partial charge in [-0.05, 0) is 37.8 Å². The molecule has 0 unspecified atom stereocenters. The van der Waals surface area contributed by atoms with Crippen LogP contribution >= 0.6 is 35.1 Å². The molecule has 0 aromatic carbocycles. The topological polar surface area (TPSA) is 29.1 Å². The van der Waals surface area contributed by atoms with Gasteiger partial charge in [-0.25, -0.2) is 4.72 Å². The zero-order valence-electron chi connectivity index (χ0n) is 11.0. The fourth-order valence-corrected chi connectivity index (χ4v) is 3.45. The van der Waals surface area contributed by atoms with Crippen molar-refractivity contribution in [3.63, 3.8) is 0 Å². The first-order chi connectivity index (χ1) is 9.08. The molecule has 0 aromatic heterocycles. The van der Waals surface area contributed by atoms with Gasteiger partial charge < -0.3 is 4.79 Å². The van der Waals surface area contributed by atoms with E-state index in [1.165, 1.54) is 18.4 Å². The summed E-state index contributed by atoms with van der Waals surface area (Å²) in [5.41, 5.74) is -0.461. The van der Waals surface area contributed by atoms with Crippen molar-refractivity contribution in [2.24, 2.45) is 0 Å². The lowest BCUT2D eigenvalue weighted by Gasteiger charge is -2.32. The average Bonchev–Trinajstić information content (AvgIpc) is 2.47. The largest absolute Gasteiger partial charge is 0.301 e. The second kappa shape index (κ2) is 8.15. The van der Waals surface area contributed by atoms with Crippen LogP contribution < -0.4 is 4.72 Å². The molecular weight excluding hydrogens is 301 g/mol. The molecule has 19 heavy (non-hydrogen) atoms. The van der Waals surface area contributed by atoms with Crippen molar-refractivity contribution in [1.82, 2.24) is 4.72 Å². The number of aldehydes is 1. The Labute approximate surface area is 129 Å². The zero-order chi connectivity index (χ0) is 14.3. The van der Waals surface area contributed by atoms with Gasteiger partial charge in [-0.3, -0.25) is 0 Å². The van der Waals surface area contributed by atoms with Gasteiger partial charge in [0.1, 0.15) is 6.29 Å². The van der Waals surface area contributed by atoms with E-state index in [2.05, 4.69) is 11.3 Å². The highest BCUT2D eigenvalue weighted by atomic mass is 35.5. The Morgan fingerprint density at radius 2 is 1.95 bits per heavy atom. The number of rotatable bonds is 6. The molecule has 5 heteroatoms.